The van der Waals surface area contributed by atoms with E-state index in [9.17, 15) is 9.59 Å². The molecule has 27 heavy (non-hydrogen) atoms. The molecule has 0 aliphatic carbocycles. The summed E-state index contributed by atoms with van der Waals surface area (Å²) in [5.41, 5.74) is 2.92. The molecule has 3 amide bonds. The summed E-state index contributed by atoms with van der Waals surface area (Å²) < 4.78 is 5.15. The number of ether oxygens (including phenoxy) is 1. The predicted molar refractivity (Wildman–Crippen MR) is 105 cm³/mol. The van der Waals surface area contributed by atoms with Crippen molar-refractivity contribution in [3.8, 4) is 5.75 Å². The van der Waals surface area contributed by atoms with E-state index in [1.54, 1.807) is 7.11 Å². The molecule has 0 bridgehead atoms. The lowest BCUT2D eigenvalue weighted by atomic mass is 10.1. The second kappa shape index (κ2) is 8.58. The van der Waals surface area contributed by atoms with Crippen LogP contribution in [0.25, 0.3) is 0 Å². The maximum Gasteiger partial charge on any atom is 0.319 e. The third-order valence-corrected chi connectivity index (χ3v) is 4.77. The molecule has 1 atom stereocenters. The smallest absolute Gasteiger partial charge is 0.319 e. The van der Waals surface area contributed by atoms with Crippen LogP contribution in [0.1, 0.15) is 17.5 Å². The Labute approximate surface area is 159 Å². The maximum absolute atomic E-state index is 12.2. The molecule has 1 aliphatic rings. The zero-order chi connectivity index (χ0) is 19.2. The molecule has 1 saturated heterocycles. The Morgan fingerprint density at radius 2 is 1.93 bits per heavy atom. The highest BCUT2D eigenvalue weighted by Crippen LogP contribution is 2.16. The molecule has 0 spiro atoms. The summed E-state index contributed by atoms with van der Waals surface area (Å²) in [6, 6.07) is 15.0. The van der Waals surface area contributed by atoms with Crippen LogP contribution in [0.5, 0.6) is 5.75 Å². The monoisotopic (exact) mass is 367 g/mol. The quantitative estimate of drug-likeness (QED) is 0.825. The molecule has 1 fully saturated rings. The number of carbonyl (C=O) groups is 2. The van der Waals surface area contributed by atoms with Crippen molar-refractivity contribution in [1.29, 1.82) is 0 Å². The van der Waals surface area contributed by atoms with E-state index in [4.69, 9.17) is 4.74 Å². The van der Waals surface area contributed by atoms with Gasteiger partial charge in [0.1, 0.15) is 5.75 Å². The van der Waals surface area contributed by atoms with Crippen LogP contribution in [0, 0.1) is 6.92 Å². The summed E-state index contributed by atoms with van der Waals surface area (Å²) in [5, 5.41) is 5.74. The molecule has 0 saturated carbocycles. The number of carbonyl (C=O) groups excluding carboxylic acids is 2. The van der Waals surface area contributed by atoms with Crippen molar-refractivity contribution in [3.05, 3.63) is 59.7 Å². The van der Waals surface area contributed by atoms with Crippen LogP contribution in [0.4, 0.5) is 10.5 Å². The first-order valence-corrected chi connectivity index (χ1v) is 9.09. The van der Waals surface area contributed by atoms with Gasteiger partial charge in [0.05, 0.1) is 13.2 Å². The van der Waals surface area contributed by atoms with E-state index in [1.165, 1.54) is 0 Å². The number of likely N-dealkylation sites (tertiary alicyclic amines) is 1. The topological polar surface area (TPSA) is 70.7 Å². The number of hydrogen-bond acceptors (Lipinski definition) is 3. The molecule has 3 rings (SSSR count). The van der Waals surface area contributed by atoms with E-state index in [-0.39, 0.29) is 18.0 Å². The van der Waals surface area contributed by atoms with E-state index in [1.807, 2.05) is 60.4 Å². The van der Waals surface area contributed by atoms with Gasteiger partial charge in [0.25, 0.3) is 0 Å². The van der Waals surface area contributed by atoms with E-state index in [2.05, 4.69) is 10.6 Å². The number of benzene rings is 2. The molecule has 2 N–H and O–H groups in total. The largest absolute Gasteiger partial charge is 0.497 e. The van der Waals surface area contributed by atoms with Gasteiger partial charge in [0.2, 0.25) is 5.91 Å². The Kier molecular flexibility index (Phi) is 5.96. The van der Waals surface area contributed by atoms with Gasteiger partial charge in [0.15, 0.2) is 0 Å². The molecule has 2 aromatic carbocycles. The lowest BCUT2D eigenvalue weighted by Crippen LogP contribution is -2.40. The zero-order valence-corrected chi connectivity index (χ0v) is 15.7. The highest BCUT2D eigenvalue weighted by atomic mass is 16.5. The third kappa shape index (κ3) is 5.00. The minimum Gasteiger partial charge on any atom is -0.497 e. The van der Waals surface area contributed by atoms with Crippen molar-refractivity contribution in [3.63, 3.8) is 0 Å². The summed E-state index contributed by atoms with van der Waals surface area (Å²) in [7, 11) is 1.64. The Balaban J connectivity index is 1.48. The van der Waals surface area contributed by atoms with Gasteiger partial charge in [0, 0.05) is 25.2 Å². The average Bonchev–Trinajstić information content (AvgIpc) is 3.01. The van der Waals surface area contributed by atoms with Crippen LogP contribution in [0.15, 0.2) is 48.5 Å². The number of methoxy groups -OCH3 is 1. The summed E-state index contributed by atoms with van der Waals surface area (Å²) >= 11 is 0. The Morgan fingerprint density at radius 3 is 2.63 bits per heavy atom. The highest BCUT2D eigenvalue weighted by Gasteiger charge is 2.30. The Bertz CT molecular complexity index is 805. The van der Waals surface area contributed by atoms with Gasteiger partial charge in [-0.25, -0.2) is 4.79 Å². The normalized spacial score (nSPS) is 16.3. The minimum absolute atomic E-state index is 0.0738. The number of rotatable bonds is 6. The van der Waals surface area contributed by atoms with Gasteiger partial charge >= 0.3 is 6.03 Å². The zero-order valence-electron chi connectivity index (χ0n) is 15.7. The van der Waals surface area contributed by atoms with Crippen LogP contribution in [0.2, 0.25) is 0 Å². The minimum atomic E-state index is -0.279. The van der Waals surface area contributed by atoms with Crippen molar-refractivity contribution in [2.24, 2.45) is 0 Å². The number of para-hydroxylation sites is 1. The Hall–Kier alpha value is -3.02. The first-order valence-electron chi connectivity index (χ1n) is 9.09. The molecule has 0 aromatic heterocycles. The van der Waals surface area contributed by atoms with Crippen LogP contribution < -0.4 is 15.4 Å². The fourth-order valence-corrected chi connectivity index (χ4v) is 3.20. The number of amides is 3. The van der Waals surface area contributed by atoms with Crippen LogP contribution in [-0.4, -0.2) is 43.1 Å². The van der Waals surface area contributed by atoms with Crippen LogP contribution in [0.3, 0.4) is 0 Å². The van der Waals surface area contributed by atoms with Crippen molar-refractivity contribution < 1.29 is 14.3 Å². The van der Waals surface area contributed by atoms with Gasteiger partial charge in [-0.15, -0.1) is 0 Å². The van der Waals surface area contributed by atoms with Crippen LogP contribution in [-0.2, 0) is 11.2 Å². The number of urea groups is 1. The van der Waals surface area contributed by atoms with Gasteiger partial charge < -0.3 is 20.3 Å². The Morgan fingerprint density at radius 1 is 1.19 bits per heavy atom. The predicted octanol–water partition coefficient (Wildman–Crippen LogP) is 2.97. The summed E-state index contributed by atoms with van der Waals surface area (Å²) in [5.74, 6) is 0.893. The number of anilines is 1. The maximum atomic E-state index is 12.2. The molecule has 1 heterocycles. The fourth-order valence-electron chi connectivity index (χ4n) is 3.20. The first kappa shape index (κ1) is 18.8. The summed E-state index contributed by atoms with van der Waals surface area (Å²) in [6.07, 6.45) is 1.11. The van der Waals surface area contributed by atoms with Crippen molar-refractivity contribution in [2.45, 2.75) is 25.8 Å². The van der Waals surface area contributed by atoms with E-state index < -0.39 is 0 Å². The lowest BCUT2D eigenvalue weighted by molar-refractivity contribution is -0.127. The van der Waals surface area contributed by atoms with Gasteiger partial charge in [-0.2, -0.15) is 0 Å². The van der Waals surface area contributed by atoms with Gasteiger partial charge in [-0.05, 0) is 42.7 Å². The lowest BCUT2D eigenvalue weighted by Gasteiger charge is -2.17. The van der Waals surface area contributed by atoms with Crippen molar-refractivity contribution >= 4 is 17.6 Å². The molecular formula is C21H25N3O3. The standard InChI is InChI=1S/C21H25N3O3/c1-15-5-3-4-6-19(15)23-21(26)22-17-13-20(25)24(14-17)12-11-16-7-9-18(27-2)10-8-16/h3-10,17H,11-14H2,1-2H3,(H2,22,23,26)/t17-/m1/s1. The van der Waals surface area contributed by atoms with Crippen LogP contribution >= 0.6 is 0 Å². The number of nitrogens with zero attached hydrogens (tertiary/aromatic N) is 1. The number of nitrogens with one attached hydrogen (secondary N) is 2. The molecule has 2 aromatic rings. The first-order chi connectivity index (χ1) is 13.0. The molecule has 1 aliphatic heterocycles. The summed E-state index contributed by atoms with van der Waals surface area (Å²) in [4.78, 5) is 26.3. The summed E-state index contributed by atoms with van der Waals surface area (Å²) in [6.45, 7) is 3.12. The fraction of sp³-hybridized carbons (Fsp3) is 0.333. The third-order valence-electron chi connectivity index (χ3n) is 4.77. The second-order valence-corrected chi connectivity index (χ2v) is 6.75. The molecular weight excluding hydrogens is 342 g/mol. The average molecular weight is 367 g/mol. The number of aryl methyl sites for hydroxylation is 1. The number of hydrogen-bond donors (Lipinski definition) is 2. The molecule has 0 radical (unpaired) electrons. The van der Waals surface area contributed by atoms with E-state index in [0.717, 1.165) is 29.0 Å². The van der Waals surface area contributed by atoms with E-state index >= 15 is 0 Å². The molecule has 6 heteroatoms. The molecule has 6 nitrogen and oxygen atoms in total. The highest BCUT2D eigenvalue weighted by molar-refractivity contribution is 5.91. The van der Waals surface area contributed by atoms with Gasteiger partial charge in [-0.3, -0.25) is 4.79 Å². The van der Waals surface area contributed by atoms with E-state index in [0.29, 0.717) is 19.5 Å². The molecule has 0 unspecified atom stereocenters. The second-order valence-electron chi connectivity index (χ2n) is 6.75. The molecule has 142 valence electrons. The van der Waals surface area contributed by atoms with Gasteiger partial charge in [-0.1, -0.05) is 30.3 Å². The SMILES string of the molecule is COc1ccc(CCN2C[C@H](NC(=O)Nc3ccccc3C)CC2=O)cc1. The van der Waals surface area contributed by atoms with Crippen molar-refractivity contribution in [1.82, 2.24) is 10.2 Å². The van der Waals surface area contributed by atoms with Crippen molar-refractivity contribution in [2.75, 3.05) is 25.5 Å².